The van der Waals surface area contributed by atoms with Gasteiger partial charge >= 0.3 is 0 Å². The van der Waals surface area contributed by atoms with Gasteiger partial charge in [0.05, 0.1) is 17.4 Å². The van der Waals surface area contributed by atoms with Crippen LogP contribution in [-0.2, 0) is 19.4 Å². The number of sulfone groups is 1. The van der Waals surface area contributed by atoms with Gasteiger partial charge in [0.1, 0.15) is 11.7 Å². The van der Waals surface area contributed by atoms with Crippen LogP contribution in [0.25, 0.3) is 0 Å². The van der Waals surface area contributed by atoms with Gasteiger partial charge in [0.25, 0.3) is 0 Å². The van der Waals surface area contributed by atoms with Gasteiger partial charge < -0.3 is 0 Å². The molecule has 0 heterocycles. The number of rotatable bonds is 7. The summed E-state index contributed by atoms with van der Waals surface area (Å²) in [7, 11) is -3.83. The molecule has 134 valence electrons. The van der Waals surface area contributed by atoms with E-state index in [0.717, 1.165) is 5.56 Å². The number of carbonyl (C=O) groups excluding carboxylic acids is 2. The zero-order chi connectivity index (χ0) is 19.3. The second-order valence-corrected chi connectivity index (χ2v) is 8.30. The van der Waals surface area contributed by atoms with Crippen molar-refractivity contribution in [2.75, 3.05) is 5.75 Å². The maximum atomic E-state index is 12.3. The van der Waals surface area contributed by atoms with E-state index in [9.17, 15) is 23.3 Å². The Morgan fingerprint density at radius 1 is 1.15 bits per heavy atom. The zero-order valence-electron chi connectivity index (χ0n) is 14.0. The van der Waals surface area contributed by atoms with Crippen LogP contribution in [-0.4, -0.2) is 25.7 Å². The molecular formula is C19H16ClNO4S. The molecule has 0 saturated heterocycles. The molecule has 2 rings (SSSR count). The standard InChI is InChI=1S/C19H16ClNO4S/c1-13-5-7-17(8-6-13)26(24,25)12-16(22)10-19(23)18(11-21)14-3-2-4-15(20)9-14/h2-9,18H,10,12H2,1H3/t18-/m1/s1. The molecule has 1 atom stereocenters. The van der Waals surface area contributed by atoms with E-state index < -0.39 is 39.5 Å². The SMILES string of the molecule is Cc1ccc(S(=O)(=O)CC(=O)CC(=O)[C@H](C#N)c2cccc(Cl)c2)cc1. The number of carbonyl (C=O) groups is 2. The predicted molar refractivity (Wildman–Crippen MR) is 97.7 cm³/mol. The summed E-state index contributed by atoms with van der Waals surface area (Å²) in [6.07, 6.45) is -0.629. The third kappa shape index (κ3) is 5.01. The molecule has 2 aromatic rings. The smallest absolute Gasteiger partial charge is 0.185 e. The number of ketones is 2. The van der Waals surface area contributed by atoms with Crippen molar-refractivity contribution in [1.82, 2.24) is 0 Å². The van der Waals surface area contributed by atoms with Crippen LogP contribution in [0.5, 0.6) is 0 Å². The number of Topliss-reactive ketones (excluding diaryl/α,β-unsaturated/α-hetero) is 2. The van der Waals surface area contributed by atoms with Gasteiger partial charge in [-0.05, 0) is 36.8 Å². The van der Waals surface area contributed by atoms with Crippen molar-refractivity contribution in [2.45, 2.75) is 24.2 Å². The minimum Gasteiger partial charge on any atom is -0.298 e. The van der Waals surface area contributed by atoms with Crippen LogP contribution in [0.4, 0.5) is 0 Å². The summed E-state index contributed by atoms with van der Waals surface area (Å²) in [6.45, 7) is 1.82. The molecule has 26 heavy (non-hydrogen) atoms. The maximum Gasteiger partial charge on any atom is 0.185 e. The van der Waals surface area contributed by atoms with E-state index >= 15 is 0 Å². The monoisotopic (exact) mass is 389 g/mol. The van der Waals surface area contributed by atoms with E-state index in [4.69, 9.17) is 11.6 Å². The van der Waals surface area contributed by atoms with Crippen LogP contribution in [0.15, 0.2) is 53.4 Å². The highest BCUT2D eigenvalue weighted by Gasteiger charge is 2.26. The largest absolute Gasteiger partial charge is 0.298 e. The number of aryl methyl sites for hydroxylation is 1. The minimum atomic E-state index is -3.83. The van der Waals surface area contributed by atoms with E-state index in [1.54, 1.807) is 30.3 Å². The summed E-state index contributed by atoms with van der Waals surface area (Å²) in [5.74, 6) is -3.35. The average molecular weight is 390 g/mol. The highest BCUT2D eigenvalue weighted by atomic mass is 35.5. The molecule has 0 amide bonds. The van der Waals surface area contributed by atoms with Gasteiger partial charge in [0.2, 0.25) is 0 Å². The van der Waals surface area contributed by atoms with Gasteiger partial charge in [0.15, 0.2) is 21.4 Å². The highest BCUT2D eigenvalue weighted by Crippen LogP contribution is 2.22. The predicted octanol–water partition coefficient (Wildman–Crippen LogP) is 3.26. The Labute approximate surface area is 157 Å². The Morgan fingerprint density at radius 3 is 2.38 bits per heavy atom. The first-order valence-corrected chi connectivity index (χ1v) is 9.75. The van der Waals surface area contributed by atoms with E-state index in [1.807, 2.05) is 13.0 Å². The summed E-state index contributed by atoms with van der Waals surface area (Å²) in [6, 6.07) is 14.2. The molecule has 0 aliphatic heterocycles. The fourth-order valence-electron chi connectivity index (χ4n) is 2.41. The molecule has 2 aromatic carbocycles. The average Bonchev–Trinajstić information content (AvgIpc) is 2.55. The molecule has 5 nitrogen and oxygen atoms in total. The lowest BCUT2D eigenvalue weighted by Crippen LogP contribution is -2.22. The molecule has 0 spiro atoms. The number of hydrogen-bond acceptors (Lipinski definition) is 5. The lowest BCUT2D eigenvalue weighted by atomic mass is 9.93. The van der Waals surface area contributed by atoms with E-state index in [2.05, 4.69) is 0 Å². The van der Waals surface area contributed by atoms with E-state index in [1.165, 1.54) is 18.2 Å². The second-order valence-electron chi connectivity index (χ2n) is 5.87. The number of nitriles is 1. The summed E-state index contributed by atoms with van der Waals surface area (Å²) in [4.78, 5) is 24.4. The summed E-state index contributed by atoms with van der Waals surface area (Å²) < 4.78 is 24.5. The van der Waals surface area contributed by atoms with E-state index in [0.29, 0.717) is 10.6 Å². The fourth-order valence-corrected chi connectivity index (χ4v) is 3.85. The van der Waals surface area contributed by atoms with Gasteiger partial charge in [-0.1, -0.05) is 41.4 Å². The Kier molecular flexibility index (Phi) is 6.30. The molecule has 0 unspecified atom stereocenters. The van der Waals surface area contributed by atoms with Crippen LogP contribution < -0.4 is 0 Å². The number of halogens is 1. The quantitative estimate of drug-likeness (QED) is 0.677. The van der Waals surface area contributed by atoms with Crippen molar-refractivity contribution in [3.63, 3.8) is 0 Å². The molecule has 0 fully saturated rings. The van der Waals surface area contributed by atoms with Gasteiger partial charge in [-0.25, -0.2) is 8.42 Å². The topological polar surface area (TPSA) is 92.1 Å². The van der Waals surface area contributed by atoms with Crippen LogP contribution in [0.2, 0.25) is 5.02 Å². The molecule has 0 aliphatic carbocycles. The molecule has 0 radical (unpaired) electrons. The fraction of sp³-hybridized carbons (Fsp3) is 0.211. The van der Waals surface area contributed by atoms with Crippen LogP contribution >= 0.6 is 11.6 Å². The van der Waals surface area contributed by atoms with Gasteiger partial charge in [-0.15, -0.1) is 0 Å². The van der Waals surface area contributed by atoms with Crippen molar-refractivity contribution in [3.05, 3.63) is 64.7 Å². The Hall–Kier alpha value is -2.49. The molecule has 0 aliphatic rings. The second kappa shape index (κ2) is 8.26. The molecule has 7 heteroatoms. The lowest BCUT2D eigenvalue weighted by Gasteiger charge is -2.09. The molecule has 0 aromatic heterocycles. The zero-order valence-corrected chi connectivity index (χ0v) is 15.5. The summed E-state index contributed by atoms with van der Waals surface area (Å²) in [5, 5.41) is 9.61. The van der Waals surface area contributed by atoms with E-state index in [-0.39, 0.29) is 4.90 Å². The third-order valence-corrected chi connectivity index (χ3v) is 5.66. The Morgan fingerprint density at radius 2 is 1.81 bits per heavy atom. The number of nitrogens with zero attached hydrogens (tertiary/aromatic N) is 1. The van der Waals surface area contributed by atoms with Crippen LogP contribution in [0.1, 0.15) is 23.5 Å². The summed E-state index contributed by atoms with van der Waals surface area (Å²) >= 11 is 5.86. The first kappa shape index (κ1) is 19.8. The lowest BCUT2D eigenvalue weighted by molar-refractivity contribution is -0.125. The molecule has 0 bridgehead atoms. The number of benzene rings is 2. The normalized spacial score (nSPS) is 12.2. The van der Waals surface area contributed by atoms with Gasteiger partial charge in [-0.3, -0.25) is 9.59 Å². The first-order valence-electron chi connectivity index (χ1n) is 7.72. The van der Waals surface area contributed by atoms with Gasteiger partial charge in [-0.2, -0.15) is 5.26 Å². The van der Waals surface area contributed by atoms with Crippen molar-refractivity contribution in [1.29, 1.82) is 5.26 Å². The van der Waals surface area contributed by atoms with Gasteiger partial charge in [0, 0.05) is 5.02 Å². The van der Waals surface area contributed by atoms with Crippen molar-refractivity contribution in [2.24, 2.45) is 0 Å². The highest BCUT2D eigenvalue weighted by molar-refractivity contribution is 7.92. The first-order chi connectivity index (χ1) is 12.2. The Bertz CT molecular complexity index is 975. The summed E-state index contributed by atoms with van der Waals surface area (Å²) in [5.41, 5.74) is 1.27. The molecule has 0 saturated carbocycles. The van der Waals surface area contributed by atoms with Crippen molar-refractivity contribution in [3.8, 4) is 6.07 Å². The molecule has 0 N–H and O–H groups in total. The molecular weight excluding hydrogens is 374 g/mol. The minimum absolute atomic E-state index is 0.0237. The van der Waals surface area contributed by atoms with Crippen molar-refractivity contribution >= 4 is 33.0 Å². The third-order valence-electron chi connectivity index (χ3n) is 3.74. The van der Waals surface area contributed by atoms with Crippen LogP contribution in [0, 0.1) is 18.3 Å². The van der Waals surface area contributed by atoms with Crippen LogP contribution in [0.3, 0.4) is 0 Å². The maximum absolute atomic E-state index is 12.3. The number of hydrogen-bond donors (Lipinski definition) is 0. The Balaban J connectivity index is 2.10. The van der Waals surface area contributed by atoms with Crippen molar-refractivity contribution < 1.29 is 18.0 Å².